The molecular formula is C12H19NO3. The fourth-order valence-electron chi connectivity index (χ4n) is 1.41. The Morgan fingerprint density at radius 2 is 1.69 bits per heavy atom. The van der Waals surface area contributed by atoms with Gasteiger partial charge in [0.05, 0.1) is 18.8 Å². The van der Waals surface area contributed by atoms with E-state index in [9.17, 15) is 10.2 Å². The predicted octanol–water partition coefficient (Wildman–Crippen LogP) is 0.615. The average molecular weight is 225 g/mol. The van der Waals surface area contributed by atoms with E-state index in [1.54, 1.807) is 24.3 Å². The minimum Gasteiger partial charge on any atom is -0.508 e. The van der Waals surface area contributed by atoms with Gasteiger partial charge in [-0.25, -0.2) is 0 Å². The summed E-state index contributed by atoms with van der Waals surface area (Å²) in [6.45, 7) is 2.27. The van der Waals surface area contributed by atoms with Gasteiger partial charge in [0.25, 0.3) is 0 Å². The van der Waals surface area contributed by atoms with Crippen LogP contribution in [0.4, 0.5) is 0 Å². The molecule has 0 atom stereocenters. The molecule has 16 heavy (non-hydrogen) atoms. The summed E-state index contributed by atoms with van der Waals surface area (Å²) in [6.07, 6.45) is 0.651. The Morgan fingerprint density at radius 3 is 2.12 bits per heavy atom. The Balaban J connectivity index is 2.58. The summed E-state index contributed by atoms with van der Waals surface area (Å²) in [7, 11) is 0. The topological polar surface area (TPSA) is 72.7 Å². The van der Waals surface area contributed by atoms with Gasteiger partial charge in [-0.05, 0) is 24.1 Å². The zero-order valence-electron chi connectivity index (χ0n) is 9.48. The lowest BCUT2D eigenvalue weighted by atomic mass is 9.98. The number of hydrogen-bond acceptors (Lipinski definition) is 4. The number of nitrogens with one attached hydrogen (secondary N) is 1. The van der Waals surface area contributed by atoms with Crippen LogP contribution in [0.5, 0.6) is 5.75 Å². The van der Waals surface area contributed by atoms with Crippen molar-refractivity contribution >= 4 is 0 Å². The highest BCUT2D eigenvalue weighted by Crippen LogP contribution is 2.12. The second-order valence-corrected chi connectivity index (χ2v) is 3.97. The summed E-state index contributed by atoms with van der Waals surface area (Å²) < 4.78 is 0. The third kappa shape index (κ3) is 3.20. The van der Waals surface area contributed by atoms with Crippen LogP contribution in [0, 0.1) is 0 Å². The molecule has 0 aliphatic rings. The predicted molar refractivity (Wildman–Crippen MR) is 62.1 cm³/mol. The van der Waals surface area contributed by atoms with E-state index in [4.69, 9.17) is 5.11 Å². The van der Waals surface area contributed by atoms with E-state index in [-0.39, 0.29) is 19.0 Å². The number of phenols is 1. The lowest BCUT2D eigenvalue weighted by Gasteiger charge is -2.29. The highest BCUT2D eigenvalue weighted by Gasteiger charge is 2.25. The molecule has 1 rings (SSSR count). The summed E-state index contributed by atoms with van der Waals surface area (Å²) in [5.41, 5.74) is 0.371. The quantitative estimate of drug-likeness (QED) is 0.572. The summed E-state index contributed by atoms with van der Waals surface area (Å²) in [6, 6.07) is 6.83. The van der Waals surface area contributed by atoms with Crippen molar-refractivity contribution in [3.8, 4) is 5.75 Å². The normalized spacial score (nSPS) is 11.7. The Hall–Kier alpha value is -1.10. The Morgan fingerprint density at radius 1 is 1.12 bits per heavy atom. The third-order valence-corrected chi connectivity index (χ3v) is 2.89. The van der Waals surface area contributed by atoms with Crippen molar-refractivity contribution in [1.82, 2.24) is 5.32 Å². The highest BCUT2D eigenvalue weighted by molar-refractivity contribution is 5.25. The van der Waals surface area contributed by atoms with Crippen molar-refractivity contribution in [3.05, 3.63) is 29.8 Å². The number of aliphatic hydroxyl groups excluding tert-OH is 2. The van der Waals surface area contributed by atoms with Crippen molar-refractivity contribution in [2.45, 2.75) is 25.4 Å². The number of benzene rings is 1. The molecule has 0 aliphatic carbocycles. The van der Waals surface area contributed by atoms with Gasteiger partial charge in [-0.15, -0.1) is 0 Å². The van der Waals surface area contributed by atoms with Crippen molar-refractivity contribution in [1.29, 1.82) is 0 Å². The van der Waals surface area contributed by atoms with Crippen LogP contribution in [-0.4, -0.2) is 34.1 Å². The smallest absolute Gasteiger partial charge is 0.115 e. The van der Waals surface area contributed by atoms with Gasteiger partial charge in [0, 0.05) is 6.54 Å². The van der Waals surface area contributed by atoms with Crippen molar-refractivity contribution in [2.75, 3.05) is 13.2 Å². The molecule has 0 amide bonds. The Labute approximate surface area is 95.6 Å². The molecular weight excluding hydrogens is 206 g/mol. The van der Waals surface area contributed by atoms with Gasteiger partial charge in [0.15, 0.2) is 0 Å². The molecule has 0 saturated heterocycles. The van der Waals surface area contributed by atoms with Gasteiger partial charge >= 0.3 is 0 Å². The molecule has 4 N–H and O–H groups in total. The van der Waals surface area contributed by atoms with Gasteiger partial charge in [0.2, 0.25) is 0 Å². The van der Waals surface area contributed by atoms with Crippen LogP contribution in [0.1, 0.15) is 18.9 Å². The van der Waals surface area contributed by atoms with E-state index in [2.05, 4.69) is 5.32 Å². The summed E-state index contributed by atoms with van der Waals surface area (Å²) in [5, 5.41) is 30.7. The Kier molecular flexibility index (Phi) is 4.73. The monoisotopic (exact) mass is 225 g/mol. The first kappa shape index (κ1) is 13.0. The zero-order chi connectivity index (χ0) is 12.0. The highest BCUT2D eigenvalue weighted by atomic mass is 16.3. The fraction of sp³-hybridized carbons (Fsp3) is 0.500. The van der Waals surface area contributed by atoms with E-state index < -0.39 is 5.54 Å². The largest absolute Gasteiger partial charge is 0.508 e. The van der Waals surface area contributed by atoms with Crippen LogP contribution < -0.4 is 5.32 Å². The van der Waals surface area contributed by atoms with Gasteiger partial charge in [0.1, 0.15) is 5.75 Å². The SMILES string of the molecule is CCC(CO)(CO)NCc1ccc(O)cc1. The first-order chi connectivity index (χ1) is 7.65. The molecule has 1 aromatic rings. The van der Waals surface area contributed by atoms with E-state index in [1.807, 2.05) is 6.92 Å². The van der Waals surface area contributed by atoms with Gasteiger partial charge in [-0.1, -0.05) is 19.1 Å². The molecule has 0 radical (unpaired) electrons. The van der Waals surface area contributed by atoms with Crippen LogP contribution in [0.2, 0.25) is 0 Å². The lowest BCUT2D eigenvalue weighted by Crippen LogP contribution is -2.50. The van der Waals surface area contributed by atoms with E-state index in [0.29, 0.717) is 13.0 Å². The maximum absolute atomic E-state index is 9.24. The molecule has 0 aromatic heterocycles. The average Bonchev–Trinajstić information content (AvgIpc) is 2.34. The molecule has 0 saturated carbocycles. The first-order valence-electron chi connectivity index (χ1n) is 5.40. The van der Waals surface area contributed by atoms with Crippen molar-refractivity contribution < 1.29 is 15.3 Å². The number of phenolic OH excluding ortho intramolecular Hbond substituents is 1. The van der Waals surface area contributed by atoms with Crippen LogP contribution in [0.3, 0.4) is 0 Å². The van der Waals surface area contributed by atoms with Crippen LogP contribution in [0.15, 0.2) is 24.3 Å². The molecule has 0 heterocycles. The molecule has 0 unspecified atom stereocenters. The lowest BCUT2D eigenvalue weighted by molar-refractivity contribution is 0.0864. The number of rotatable bonds is 6. The molecule has 1 aromatic carbocycles. The van der Waals surface area contributed by atoms with E-state index >= 15 is 0 Å². The van der Waals surface area contributed by atoms with E-state index in [1.165, 1.54) is 0 Å². The van der Waals surface area contributed by atoms with Gasteiger partial charge in [-0.2, -0.15) is 0 Å². The van der Waals surface area contributed by atoms with Gasteiger partial charge in [-0.3, -0.25) is 0 Å². The van der Waals surface area contributed by atoms with Crippen molar-refractivity contribution in [3.63, 3.8) is 0 Å². The fourth-order valence-corrected chi connectivity index (χ4v) is 1.41. The summed E-state index contributed by atoms with van der Waals surface area (Å²) in [4.78, 5) is 0. The molecule has 90 valence electrons. The molecule has 0 aliphatic heterocycles. The first-order valence-corrected chi connectivity index (χ1v) is 5.40. The van der Waals surface area contributed by atoms with Crippen molar-refractivity contribution in [2.24, 2.45) is 0 Å². The second kappa shape index (κ2) is 5.84. The van der Waals surface area contributed by atoms with Crippen LogP contribution >= 0.6 is 0 Å². The minimum atomic E-state index is -0.627. The maximum atomic E-state index is 9.24. The molecule has 0 spiro atoms. The number of aliphatic hydroxyl groups is 2. The molecule has 4 nitrogen and oxygen atoms in total. The molecule has 0 bridgehead atoms. The molecule has 4 heteroatoms. The molecule has 0 fully saturated rings. The number of aromatic hydroxyl groups is 1. The number of hydrogen-bond donors (Lipinski definition) is 4. The second-order valence-electron chi connectivity index (χ2n) is 3.97. The summed E-state index contributed by atoms with van der Waals surface area (Å²) >= 11 is 0. The minimum absolute atomic E-state index is 0.0991. The van der Waals surface area contributed by atoms with Crippen LogP contribution in [-0.2, 0) is 6.54 Å². The van der Waals surface area contributed by atoms with E-state index in [0.717, 1.165) is 5.56 Å². The Bertz CT molecular complexity index is 298. The summed E-state index contributed by atoms with van der Waals surface area (Å²) in [5.74, 6) is 0.231. The maximum Gasteiger partial charge on any atom is 0.115 e. The standard InChI is InChI=1S/C12H19NO3/c1-2-12(8-14,9-15)13-7-10-3-5-11(16)6-4-10/h3-6,13-16H,2,7-9H2,1H3. The zero-order valence-corrected chi connectivity index (χ0v) is 9.48. The van der Waals surface area contributed by atoms with Gasteiger partial charge < -0.3 is 20.6 Å². The van der Waals surface area contributed by atoms with Crippen LogP contribution in [0.25, 0.3) is 0 Å². The third-order valence-electron chi connectivity index (χ3n) is 2.89.